The lowest BCUT2D eigenvalue weighted by molar-refractivity contribution is 0.477. The molecule has 1 heterocycles. The van der Waals surface area contributed by atoms with E-state index in [0.717, 1.165) is 32.5 Å². The maximum absolute atomic E-state index is 13.4. The number of aromatic nitrogens is 1. The van der Waals surface area contributed by atoms with Crippen molar-refractivity contribution in [1.29, 1.82) is 0 Å². The van der Waals surface area contributed by atoms with E-state index in [-0.39, 0.29) is 17.4 Å². The molecular weight excluding hydrogens is 400 g/mol. The fourth-order valence-corrected chi connectivity index (χ4v) is 4.66. The van der Waals surface area contributed by atoms with E-state index in [1.54, 1.807) is 36.4 Å². The number of benzene rings is 4. The summed E-state index contributed by atoms with van der Waals surface area (Å²) in [5.41, 5.74) is 4.92. The van der Waals surface area contributed by atoms with E-state index in [4.69, 9.17) is 4.98 Å². The number of phenolic OH excluding ortho intramolecular Hbond substituents is 1. The highest BCUT2D eigenvalue weighted by molar-refractivity contribution is 7.22. The molecule has 4 aromatic carbocycles. The number of rotatable bonds is 3. The van der Waals surface area contributed by atoms with E-state index in [2.05, 4.69) is 0 Å². The lowest BCUT2D eigenvalue weighted by Gasteiger charge is -2.08. The number of para-hydroxylation sites is 1. The Balaban J connectivity index is 1.78. The normalized spacial score (nSPS) is 11.1. The smallest absolute Gasteiger partial charge is 0.128 e. The van der Waals surface area contributed by atoms with Gasteiger partial charge in [0.15, 0.2) is 0 Å². The number of fused-ring (bicyclic) bond motifs is 1. The van der Waals surface area contributed by atoms with Crippen molar-refractivity contribution in [3.8, 4) is 38.6 Å². The van der Waals surface area contributed by atoms with Crippen LogP contribution in [-0.2, 0) is 0 Å². The SMILES string of the molecule is Oc1ccccc1-c1nc2c(-c3ccc(F)cc3)ccc(-c3ccc(F)cc3)c2s1. The van der Waals surface area contributed by atoms with Crippen molar-refractivity contribution in [2.45, 2.75) is 0 Å². The van der Waals surface area contributed by atoms with Crippen LogP contribution < -0.4 is 0 Å². The molecule has 0 radical (unpaired) electrons. The minimum atomic E-state index is -0.300. The molecule has 30 heavy (non-hydrogen) atoms. The molecule has 146 valence electrons. The molecule has 0 atom stereocenters. The minimum absolute atomic E-state index is 0.156. The van der Waals surface area contributed by atoms with Gasteiger partial charge in [0, 0.05) is 11.1 Å². The summed E-state index contributed by atoms with van der Waals surface area (Å²) in [6.07, 6.45) is 0. The van der Waals surface area contributed by atoms with E-state index >= 15 is 0 Å². The standard InChI is InChI=1S/C25H15F2NOS/c26-17-9-5-15(6-10-17)19-13-14-20(16-7-11-18(27)12-8-16)24-23(19)28-25(30-24)21-3-1-2-4-22(21)29/h1-14,29H. The van der Waals surface area contributed by atoms with Crippen LogP contribution in [0.25, 0.3) is 43.0 Å². The van der Waals surface area contributed by atoms with E-state index in [9.17, 15) is 13.9 Å². The molecule has 0 fully saturated rings. The van der Waals surface area contributed by atoms with Gasteiger partial charge in [0.05, 0.1) is 15.8 Å². The highest BCUT2D eigenvalue weighted by atomic mass is 32.1. The van der Waals surface area contributed by atoms with Crippen LogP contribution in [0, 0.1) is 11.6 Å². The van der Waals surface area contributed by atoms with E-state index in [0.29, 0.717) is 10.6 Å². The lowest BCUT2D eigenvalue weighted by atomic mass is 9.99. The third-order valence-corrected chi connectivity index (χ3v) is 6.11. The molecule has 0 saturated heterocycles. The molecule has 0 aliphatic heterocycles. The quantitative estimate of drug-likeness (QED) is 0.336. The minimum Gasteiger partial charge on any atom is -0.507 e. The van der Waals surface area contributed by atoms with Crippen LogP contribution in [0.2, 0.25) is 0 Å². The number of hydrogen-bond acceptors (Lipinski definition) is 3. The van der Waals surface area contributed by atoms with E-state index < -0.39 is 0 Å². The molecule has 5 rings (SSSR count). The molecule has 0 saturated carbocycles. The van der Waals surface area contributed by atoms with Crippen LogP contribution in [0.1, 0.15) is 0 Å². The van der Waals surface area contributed by atoms with Gasteiger partial charge in [0.25, 0.3) is 0 Å². The van der Waals surface area contributed by atoms with Gasteiger partial charge in [-0.15, -0.1) is 11.3 Å². The molecule has 1 aromatic heterocycles. The molecular formula is C25H15F2NOS. The Kier molecular flexibility index (Phi) is 4.52. The maximum atomic E-state index is 13.4. The van der Waals surface area contributed by atoms with Crippen molar-refractivity contribution in [3.05, 3.63) is 96.6 Å². The first kappa shape index (κ1) is 18.5. The highest BCUT2D eigenvalue weighted by Gasteiger charge is 2.17. The number of nitrogens with zero attached hydrogens (tertiary/aromatic N) is 1. The summed E-state index contributed by atoms with van der Waals surface area (Å²) in [5.74, 6) is -0.438. The van der Waals surface area contributed by atoms with Crippen molar-refractivity contribution >= 4 is 21.6 Å². The Hall–Kier alpha value is -3.57. The molecule has 5 aromatic rings. The van der Waals surface area contributed by atoms with Gasteiger partial charge >= 0.3 is 0 Å². The summed E-state index contributed by atoms with van der Waals surface area (Å²) in [6.45, 7) is 0. The maximum Gasteiger partial charge on any atom is 0.128 e. The first-order valence-corrected chi connectivity index (χ1v) is 10.2. The van der Waals surface area contributed by atoms with Crippen LogP contribution in [0.5, 0.6) is 5.75 Å². The third-order valence-electron chi connectivity index (χ3n) is 4.99. The molecule has 0 aliphatic carbocycles. The predicted octanol–water partition coefficient (Wildman–Crippen LogP) is 7.28. The number of aromatic hydroxyl groups is 1. The molecule has 1 N–H and O–H groups in total. The van der Waals surface area contributed by atoms with Gasteiger partial charge in [0.2, 0.25) is 0 Å². The highest BCUT2D eigenvalue weighted by Crippen LogP contribution is 2.43. The summed E-state index contributed by atoms with van der Waals surface area (Å²) in [4.78, 5) is 4.84. The van der Waals surface area contributed by atoms with Gasteiger partial charge in [-0.25, -0.2) is 13.8 Å². The predicted molar refractivity (Wildman–Crippen MR) is 118 cm³/mol. The molecule has 0 aliphatic rings. The summed E-state index contributed by atoms with van der Waals surface area (Å²) in [6, 6.07) is 23.6. The fourth-order valence-electron chi connectivity index (χ4n) is 3.50. The molecule has 0 bridgehead atoms. The van der Waals surface area contributed by atoms with Gasteiger partial charge in [-0.1, -0.05) is 48.5 Å². The second-order valence-corrected chi connectivity index (χ2v) is 7.89. The second kappa shape index (κ2) is 7.35. The monoisotopic (exact) mass is 415 g/mol. The van der Waals surface area contributed by atoms with Gasteiger partial charge in [-0.05, 0) is 47.5 Å². The average Bonchev–Trinajstić information content (AvgIpc) is 3.20. The van der Waals surface area contributed by atoms with Crippen LogP contribution >= 0.6 is 11.3 Å². The van der Waals surface area contributed by atoms with Gasteiger partial charge in [0.1, 0.15) is 22.4 Å². The zero-order chi connectivity index (χ0) is 20.7. The summed E-state index contributed by atoms with van der Waals surface area (Å²) in [5, 5.41) is 11.0. The van der Waals surface area contributed by atoms with E-state index in [1.165, 1.54) is 35.6 Å². The lowest BCUT2D eigenvalue weighted by Crippen LogP contribution is -1.85. The molecule has 0 spiro atoms. The molecule has 2 nitrogen and oxygen atoms in total. The average molecular weight is 415 g/mol. The van der Waals surface area contributed by atoms with Crippen LogP contribution in [-0.4, -0.2) is 10.1 Å². The Morgan fingerprint density at radius 3 is 1.83 bits per heavy atom. The van der Waals surface area contributed by atoms with Crippen LogP contribution in [0.4, 0.5) is 8.78 Å². The van der Waals surface area contributed by atoms with Gasteiger partial charge < -0.3 is 5.11 Å². The zero-order valence-corrected chi connectivity index (χ0v) is 16.5. The van der Waals surface area contributed by atoms with Crippen LogP contribution in [0.3, 0.4) is 0 Å². The Bertz CT molecular complexity index is 1280. The summed E-state index contributed by atoms with van der Waals surface area (Å²) in [7, 11) is 0. The Morgan fingerprint density at radius 2 is 1.20 bits per heavy atom. The topological polar surface area (TPSA) is 33.1 Å². The summed E-state index contributed by atoms with van der Waals surface area (Å²) >= 11 is 1.46. The number of hydrogen-bond donors (Lipinski definition) is 1. The summed E-state index contributed by atoms with van der Waals surface area (Å²) < 4.78 is 27.8. The molecule has 0 unspecified atom stereocenters. The Labute approximate surface area is 175 Å². The number of phenols is 1. The number of halogens is 2. The first-order valence-electron chi connectivity index (χ1n) is 9.34. The van der Waals surface area contributed by atoms with Crippen molar-refractivity contribution in [3.63, 3.8) is 0 Å². The number of thiazole rings is 1. The zero-order valence-electron chi connectivity index (χ0n) is 15.6. The van der Waals surface area contributed by atoms with Crippen LogP contribution in [0.15, 0.2) is 84.9 Å². The van der Waals surface area contributed by atoms with Crippen molar-refractivity contribution in [1.82, 2.24) is 4.98 Å². The third kappa shape index (κ3) is 3.23. The largest absolute Gasteiger partial charge is 0.507 e. The molecule has 0 amide bonds. The van der Waals surface area contributed by atoms with Gasteiger partial charge in [-0.2, -0.15) is 0 Å². The van der Waals surface area contributed by atoms with Crippen molar-refractivity contribution < 1.29 is 13.9 Å². The van der Waals surface area contributed by atoms with Crippen molar-refractivity contribution in [2.75, 3.05) is 0 Å². The first-order chi connectivity index (χ1) is 14.6. The van der Waals surface area contributed by atoms with Gasteiger partial charge in [-0.3, -0.25) is 0 Å². The second-order valence-electron chi connectivity index (χ2n) is 6.89. The molecule has 5 heteroatoms. The fraction of sp³-hybridized carbons (Fsp3) is 0. The van der Waals surface area contributed by atoms with Crippen molar-refractivity contribution in [2.24, 2.45) is 0 Å². The Morgan fingerprint density at radius 1 is 0.633 bits per heavy atom. The van der Waals surface area contributed by atoms with E-state index in [1.807, 2.05) is 24.3 Å².